The summed E-state index contributed by atoms with van der Waals surface area (Å²) in [6.07, 6.45) is 8.37. The first-order valence-electron chi connectivity index (χ1n) is 5.12. The van der Waals surface area contributed by atoms with E-state index in [1.54, 1.807) is 0 Å². The predicted octanol–water partition coefficient (Wildman–Crippen LogP) is 3.10. The van der Waals surface area contributed by atoms with Crippen LogP contribution in [0.3, 0.4) is 0 Å². The van der Waals surface area contributed by atoms with Gasteiger partial charge in [-0.3, -0.25) is 4.99 Å². The molecule has 2 nitrogen and oxygen atoms in total. The summed E-state index contributed by atoms with van der Waals surface area (Å²) >= 11 is 0. The molecule has 0 amide bonds. The number of nitrogens with zero attached hydrogens (tertiary/aromatic N) is 2. The van der Waals surface area contributed by atoms with Gasteiger partial charge in [0.25, 0.3) is 0 Å². The Bertz CT molecular complexity index is 319. The fourth-order valence-corrected chi connectivity index (χ4v) is 1.34. The third-order valence-electron chi connectivity index (χ3n) is 1.95. The summed E-state index contributed by atoms with van der Waals surface area (Å²) in [5.74, 6) is 1.05. The van der Waals surface area contributed by atoms with Gasteiger partial charge in [0.1, 0.15) is 5.84 Å². The smallest absolute Gasteiger partial charge is 0.131 e. The van der Waals surface area contributed by atoms with E-state index in [-0.39, 0.29) is 0 Å². The second kappa shape index (κ2) is 4.80. The summed E-state index contributed by atoms with van der Waals surface area (Å²) in [6, 6.07) is 0. The third-order valence-corrected chi connectivity index (χ3v) is 1.95. The summed E-state index contributed by atoms with van der Waals surface area (Å²) in [7, 11) is 0. The number of amidine groups is 1. The maximum Gasteiger partial charge on any atom is 0.131 e. The van der Waals surface area contributed by atoms with Crippen LogP contribution in [0.4, 0.5) is 0 Å². The van der Waals surface area contributed by atoms with Crippen molar-refractivity contribution in [2.45, 2.75) is 27.7 Å². The van der Waals surface area contributed by atoms with E-state index in [1.165, 1.54) is 11.1 Å². The van der Waals surface area contributed by atoms with Crippen molar-refractivity contribution in [1.29, 1.82) is 0 Å². The van der Waals surface area contributed by atoms with Crippen molar-refractivity contribution >= 4 is 5.84 Å². The molecule has 0 aliphatic carbocycles. The van der Waals surface area contributed by atoms with E-state index in [4.69, 9.17) is 0 Å². The van der Waals surface area contributed by atoms with Gasteiger partial charge in [-0.15, -0.1) is 0 Å². The topological polar surface area (TPSA) is 15.6 Å². The number of hydrogen-bond donors (Lipinski definition) is 0. The van der Waals surface area contributed by atoms with Gasteiger partial charge in [0, 0.05) is 12.4 Å². The van der Waals surface area contributed by atoms with Crippen LogP contribution in [-0.2, 0) is 0 Å². The third kappa shape index (κ3) is 2.34. The highest BCUT2D eigenvalue weighted by Crippen LogP contribution is 2.15. The molecule has 0 spiro atoms. The lowest BCUT2D eigenvalue weighted by molar-refractivity contribution is 0.712. The van der Waals surface area contributed by atoms with Gasteiger partial charge in [-0.1, -0.05) is 19.9 Å². The van der Waals surface area contributed by atoms with Crippen LogP contribution in [0.1, 0.15) is 27.7 Å². The van der Waals surface area contributed by atoms with Crippen LogP contribution in [0, 0.1) is 0 Å². The van der Waals surface area contributed by atoms with Crippen LogP contribution < -0.4 is 0 Å². The van der Waals surface area contributed by atoms with Crippen molar-refractivity contribution in [3.8, 4) is 0 Å². The Hall–Kier alpha value is -1.31. The molecule has 0 atom stereocenters. The van der Waals surface area contributed by atoms with Crippen LogP contribution in [-0.4, -0.2) is 17.3 Å². The van der Waals surface area contributed by atoms with E-state index < -0.39 is 0 Å². The Morgan fingerprint density at radius 1 is 1.14 bits per heavy atom. The molecule has 2 aliphatic rings. The molecule has 0 aromatic rings. The largest absolute Gasteiger partial charge is 0.309 e. The van der Waals surface area contributed by atoms with Gasteiger partial charge >= 0.3 is 0 Å². The molecule has 0 unspecified atom stereocenters. The van der Waals surface area contributed by atoms with Crippen LogP contribution in [0.5, 0.6) is 0 Å². The van der Waals surface area contributed by atoms with Gasteiger partial charge in [-0.05, 0) is 31.1 Å². The van der Waals surface area contributed by atoms with Gasteiger partial charge in [0.2, 0.25) is 0 Å². The Kier molecular flexibility index (Phi) is 3.69. The summed E-state index contributed by atoms with van der Waals surface area (Å²) < 4.78 is 0. The highest BCUT2D eigenvalue weighted by atomic mass is 15.2. The number of fused-ring (bicyclic) bond motifs is 1. The summed E-state index contributed by atoms with van der Waals surface area (Å²) in [5.41, 5.74) is 2.57. The number of rotatable bonds is 0. The first-order chi connectivity index (χ1) is 6.75. The van der Waals surface area contributed by atoms with Gasteiger partial charge in [0.05, 0.1) is 6.54 Å². The Labute approximate surface area is 86.3 Å². The molecule has 0 fully saturated rings. The Morgan fingerprint density at radius 3 is 2.57 bits per heavy atom. The molecule has 76 valence electrons. The minimum Gasteiger partial charge on any atom is -0.309 e. The standard InChI is InChI=1S/C10H12N2.C2H6/c1-8-3-4-10-11-5-9(2)7-12(10)6-8;1-2/h3-4,6-7H,5H2,1-2H3;1-2H3. The predicted molar refractivity (Wildman–Crippen MR) is 62.1 cm³/mol. The first-order valence-corrected chi connectivity index (χ1v) is 5.12. The Balaban J connectivity index is 0.000000461. The minimum atomic E-state index is 0.836. The molecule has 0 aromatic carbocycles. The van der Waals surface area contributed by atoms with Gasteiger partial charge < -0.3 is 4.90 Å². The molecule has 0 bridgehead atoms. The van der Waals surface area contributed by atoms with Gasteiger partial charge in [-0.2, -0.15) is 0 Å². The molecule has 0 saturated heterocycles. The molecule has 0 radical (unpaired) electrons. The van der Waals surface area contributed by atoms with Crippen molar-refractivity contribution in [2.75, 3.05) is 6.54 Å². The lowest BCUT2D eigenvalue weighted by Crippen LogP contribution is -2.24. The maximum atomic E-state index is 4.41. The molecule has 2 aliphatic heterocycles. The van der Waals surface area contributed by atoms with Crippen molar-refractivity contribution in [3.63, 3.8) is 0 Å². The average molecular weight is 190 g/mol. The highest BCUT2D eigenvalue weighted by Gasteiger charge is 2.11. The second-order valence-corrected chi connectivity index (χ2v) is 3.26. The van der Waals surface area contributed by atoms with E-state index >= 15 is 0 Å². The molecule has 2 rings (SSSR count). The van der Waals surface area contributed by atoms with E-state index in [0.29, 0.717) is 0 Å². The fourth-order valence-electron chi connectivity index (χ4n) is 1.34. The maximum absolute atomic E-state index is 4.41. The van der Waals surface area contributed by atoms with Gasteiger partial charge in [0.15, 0.2) is 0 Å². The second-order valence-electron chi connectivity index (χ2n) is 3.26. The minimum absolute atomic E-state index is 0.836. The molecule has 0 N–H and O–H groups in total. The van der Waals surface area contributed by atoms with Crippen LogP contribution in [0.2, 0.25) is 0 Å². The zero-order valence-corrected chi connectivity index (χ0v) is 9.41. The average Bonchev–Trinajstić information content (AvgIpc) is 2.20. The van der Waals surface area contributed by atoms with Crippen molar-refractivity contribution in [3.05, 3.63) is 35.7 Å². The van der Waals surface area contributed by atoms with Crippen LogP contribution in [0.25, 0.3) is 0 Å². The zero-order chi connectivity index (χ0) is 10.6. The van der Waals surface area contributed by atoms with Crippen molar-refractivity contribution in [2.24, 2.45) is 4.99 Å². The fraction of sp³-hybridized carbons (Fsp3) is 0.417. The molecule has 14 heavy (non-hydrogen) atoms. The monoisotopic (exact) mass is 190 g/mol. The molecule has 0 saturated carbocycles. The van der Waals surface area contributed by atoms with E-state index in [9.17, 15) is 0 Å². The highest BCUT2D eigenvalue weighted by molar-refractivity contribution is 5.96. The van der Waals surface area contributed by atoms with Crippen LogP contribution >= 0.6 is 0 Å². The molecular weight excluding hydrogens is 172 g/mol. The SMILES string of the molecule is CC.CC1=CN2C=C(C)CN=C2C=C1. The summed E-state index contributed by atoms with van der Waals surface area (Å²) in [4.78, 5) is 6.49. The lowest BCUT2D eigenvalue weighted by atomic mass is 10.2. The lowest BCUT2D eigenvalue weighted by Gasteiger charge is -2.24. The number of allylic oxidation sites excluding steroid dienone is 2. The van der Waals surface area contributed by atoms with E-state index in [1.807, 2.05) is 13.8 Å². The zero-order valence-electron chi connectivity index (χ0n) is 9.41. The molecular formula is C12H18N2. The number of aliphatic imine (C=N–C) groups is 1. The Morgan fingerprint density at radius 2 is 1.86 bits per heavy atom. The van der Waals surface area contributed by atoms with Crippen LogP contribution in [0.15, 0.2) is 40.7 Å². The van der Waals surface area contributed by atoms with Crippen molar-refractivity contribution in [1.82, 2.24) is 4.90 Å². The quantitative estimate of drug-likeness (QED) is 0.573. The number of hydrogen-bond acceptors (Lipinski definition) is 2. The van der Waals surface area contributed by atoms with Crippen molar-refractivity contribution < 1.29 is 0 Å². The molecule has 2 heteroatoms. The van der Waals surface area contributed by atoms with E-state index in [0.717, 1.165) is 12.4 Å². The molecule has 0 aromatic heterocycles. The normalized spacial score (nSPS) is 18.6. The summed E-state index contributed by atoms with van der Waals surface area (Å²) in [6.45, 7) is 9.02. The first kappa shape index (κ1) is 10.8. The van der Waals surface area contributed by atoms with Gasteiger partial charge in [-0.25, -0.2) is 0 Å². The summed E-state index contributed by atoms with van der Waals surface area (Å²) in [5, 5.41) is 0. The van der Waals surface area contributed by atoms with E-state index in [2.05, 4.69) is 48.3 Å². The molecule has 2 heterocycles.